The molecule has 0 radical (unpaired) electrons. The SMILES string of the molecule is Brc1cnn2ccc(OC3CCNCC3)nc12. The Morgan fingerprint density at radius 3 is 3.06 bits per heavy atom. The third-order valence-electron chi connectivity index (χ3n) is 2.87. The van der Waals surface area contributed by atoms with E-state index in [2.05, 4.69) is 31.3 Å². The maximum absolute atomic E-state index is 5.87. The fourth-order valence-corrected chi connectivity index (χ4v) is 2.34. The van der Waals surface area contributed by atoms with E-state index in [0.29, 0.717) is 5.88 Å². The van der Waals surface area contributed by atoms with Crippen LogP contribution in [0.25, 0.3) is 5.65 Å². The van der Waals surface area contributed by atoms with Gasteiger partial charge in [-0.05, 0) is 41.9 Å². The molecule has 0 saturated carbocycles. The number of piperidine rings is 1. The standard InChI is InChI=1S/C11H13BrN4O/c12-9-7-14-16-6-3-10(15-11(9)16)17-8-1-4-13-5-2-8/h3,6-8,13H,1-2,4-5H2. The van der Waals surface area contributed by atoms with Gasteiger partial charge in [-0.25, -0.2) is 4.52 Å². The first-order chi connectivity index (χ1) is 8.33. The number of fused-ring (bicyclic) bond motifs is 1. The predicted octanol–water partition coefficient (Wildman–Crippen LogP) is 1.62. The van der Waals surface area contributed by atoms with Crippen LogP contribution in [0.2, 0.25) is 0 Å². The van der Waals surface area contributed by atoms with Gasteiger partial charge in [-0.3, -0.25) is 0 Å². The summed E-state index contributed by atoms with van der Waals surface area (Å²) in [7, 11) is 0. The zero-order valence-electron chi connectivity index (χ0n) is 9.27. The summed E-state index contributed by atoms with van der Waals surface area (Å²) in [5.74, 6) is 0.672. The molecule has 0 spiro atoms. The monoisotopic (exact) mass is 296 g/mol. The molecular formula is C11H13BrN4O. The Hall–Kier alpha value is -1.14. The van der Waals surface area contributed by atoms with Crippen LogP contribution in [0.5, 0.6) is 5.88 Å². The van der Waals surface area contributed by atoms with Crippen molar-refractivity contribution in [3.05, 3.63) is 22.9 Å². The minimum Gasteiger partial charge on any atom is -0.474 e. The van der Waals surface area contributed by atoms with Gasteiger partial charge in [0.25, 0.3) is 0 Å². The summed E-state index contributed by atoms with van der Waals surface area (Å²) in [6, 6.07) is 1.86. The van der Waals surface area contributed by atoms with Crippen molar-refractivity contribution in [1.29, 1.82) is 0 Å². The number of nitrogens with one attached hydrogen (secondary N) is 1. The van der Waals surface area contributed by atoms with Crippen molar-refractivity contribution in [1.82, 2.24) is 19.9 Å². The molecule has 0 bridgehead atoms. The molecule has 5 nitrogen and oxygen atoms in total. The van der Waals surface area contributed by atoms with Crippen LogP contribution in [0, 0.1) is 0 Å². The van der Waals surface area contributed by atoms with Crippen LogP contribution in [0.15, 0.2) is 22.9 Å². The third-order valence-corrected chi connectivity index (χ3v) is 3.43. The average Bonchev–Trinajstić information content (AvgIpc) is 2.73. The van der Waals surface area contributed by atoms with E-state index in [4.69, 9.17) is 4.74 Å². The van der Waals surface area contributed by atoms with Gasteiger partial charge < -0.3 is 10.1 Å². The molecule has 3 rings (SSSR count). The van der Waals surface area contributed by atoms with Crippen molar-refractivity contribution in [2.45, 2.75) is 18.9 Å². The molecule has 1 fully saturated rings. The summed E-state index contributed by atoms with van der Waals surface area (Å²) >= 11 is 3.41. The molecule has 90 valence electrons. The number of hydrogen-bond donors (Lipinski definition) is 1. The molecule has 1 aliphatic heterocycles. The normalized spacial score (nSPS) is 17.5. The molecule has 0 amide bonds. The van der Waals surface area contributed by atoms with Gasteiger partial charge in [-0.2, -0.15) is 10.1 Å². The van der Waals surface area contributed by atoms with Crippen LogP contribution < -0.4 is 10.1 Å². The Morgan fingerprint density at radius 2 is 2.24 bits per heavy atom. The van der Waals surface area contributed by atoms with Crippen LogP contribution in [-0.4, -0.2) is 33.8 Å². The summed E-state index contributed by atoms with van der Waals surface area (Å²) in [5, 5.41) is 7.46. The first kappa shape index (κ1) is 11.0. The molecule has 6 heteroatoms. The van der Waals surface area contributed by atoms with Gasteiger partial charge in [-0.15, -0.1) is 0 Å². The van der Waals surface area contributed by atoms with Gasteiger partial charge in [0.05, 0.1) is 10.7 Å². The van der Waals surface area contributed by atoms with E-state index in [1.54, 1.807) is 10.7 Å². The maximum Gasteiger partial charge on any atom is 0.217 e. The van der Waals surface area contributed by atoms with E-state index in [1.165, 1.54) is 0 Å². The lowest BCUT2D eigenvalue weighted by Gasteiger charge is -2.23. The second-order valence-corrected chi connectivity index (χ2v) is 4.95. The van der Waals surface area contributed by atoms with Crippen molar-refractivity contribution in [3.8, 4) is 5.88 Å². The molecule has 1 saturated heterocycles. The lowest BCUT2D eigenvalue weighted by Crippen LogP contribution is -2.34. The minimum atomic E-state index is 0.271. The summed E-state index contributed by atoms with van der Waals surface area (Å²) in [6.45, 7) is 2.03. The van der Waals surface area contributed by atoms with Gasteiger partial charge in [0.2, 0.25) is 5.88 Å². The zero-order chi connectivity index (χ0) is 11.7. The molecule has 3 heterocycles. The van der Waals surface area contributed by atoms with Gasteiger partial charge in [0.15, 0.2) is 5.65 Å². The largest absolute Gasteiger partial charge is 0.474 e. The summed E-state index contributed by atoms with van der Waals surface area (Å²) in [4.78, 5) is 4.44. The molecule has 2 aromatic heterocycles. The van der Waals surface area contributed by atoms with E-state index < -0.39 is 0 Å². The third kappa shape index (κ3) is 2.28. The molecular weight excluding hydrogens is 284 g/mol. The van der Waals surface area contributed by atoms with Crippen molar-refractivity contribution in [3.63, 3.8) is 0 Å². The molecule has 1 aliphatic rings. The summed E-state index contributed by atoms with van der Waals surface area (Å²) in [5.41, 5.74) is 0.788. The van der Waals surface area contributed by atoms with Gasteiger partial charge in [-0.1, -0.05) is 0 Å². The fourth-order valence-electron chi connectivity index (χ4n) is 1.97. The predicted molar refractivity (Wildman–Crippen MR) is 67.2 cm³/mol. The van der Waals surface area contributed by atoms with E-state index >= 15 is 0 Å². The van der Waals surface area contributed by atoms with Crippen LogP contribution in [-0.2, 0) is 0 Å². The molecule has 0 aliphatic carbocycles. The number of halogens is 1. The zero-order valence-corrected chi connectivity index (χ0v) is 10.9. The Kier molecular flexibility index (Phi) is 2.98. The molecule has 1 N–H and O–H groups in total. The Morgan fingerprint density at radius 1 is 1.41 bits per heavy atom. The second kappa shape index (κ2) is 4.62. The van der Waals surface area contributed by atoms with Gasteiger partial charge in [0, 0.05) is 12.3 Å². The Bertz CT molecular complexity index is 521. The first-order valence-corrected chi connectivity index (χ1v) is 6.49. The van der Waals surface area contributed by atoms with E-state index in [0.717, 1.165) is 36.1 Å². The number of hydrogen-bond acceptors (Lipinski definition) is 4. The highest BCUT2D eigenvalue weighted by Crippen LogP contribution is 2.19. The highest BCUT2D eigenvalue weighted by atomic mass is 79.9. The first-order valence-electron chi connectivity index (χ1n) is 5.70. The lowest BCUT2D eigenvalue weighted by molar-refractivity contribution is 0.156. The van der Waals surface area contributed by atoms with Crippen LogP contribution >= 0.6 is 15.9 Å². The average molecular weight is 297 g/mol. The number of nitrogens with zero attached hydrogens (tertiary/aromatic N) is 3. The minimum absolute atomic E-state index is 0.271. The van der Waals surface area contributed by atoms with Crippen molar-refractivity contribution in [2.75, 3.05) is 13.1 Å². The topological polar surface area (TPSA) is 51.5 Å². The van der Waals surface area contributed by atoms with Crippen LogP contribution in [0.3, 0.4) is 0 Å². The molecule has 0 unspecified atom stereocenters. The Balaban J connectivity index is 1.82. The number of ether oxygens (including phenoxy) is 1. The molecule has 0 aromatic carbocycles. The molecule has 2 aromatic rings. The Labute approximate surface area is 107 Å². The summed E-state index contributed by atoms with van der Waals surface area (Å²) < 4.78 is 8.48. The molecule has 17 heavy (non-hydrogen) atoms. The quantitative estimate of drug-likeness (QED) is 0.915. The fraction of sp³-hybridized carbons (Fsp3) is 0.455. The molecule has 0 atom stereocenters. The van der Waals surface area contributed by atoms with E-state index in [-0.39, 0.29) is 6.10 Å². The maximum atomic E-state index is 5.87. The van der Waals surface area contributed by atoms with Crippen molar-refractivity contribution < 1.29 is 4.74 Å². The van der Waals surface area contributed by atoms with Crippen LogP contribution in [0.4, 0.5) is 0 Å². The lowest BCUT2D eigenvalue weighted by atomic mass is 10.1. The van der Waals surface area contributed by atoms with Gasteiger partial charge >= 0.3 is 0 Å². The van der Waals surface area contributed by atoms with Gasteiger partial charge in [0.1, 0.15) is 6.10 Å². The van der Waals surface area contributed by atoms with E-state index in [1.807, 2.05) is 12.3 Å². The van der Waals surface area contributed by atoms with Crippen LogP contribution in [0.1, 0.15) is 12.8 Å². The van der Waals surface area contributed by atoms with Crippen molar-refractivity contribution >= 4 is 21.6 Å². The smallest absolute Gasteiger partial charge is 0.217 e. The highest BCUT2D eigenvalue weighted by Gasteiger charge is 2.15. The van der Waals surface area contributed by atoms with E-state index in [9.17, 15) is 0 Å². The summed E-state index contributed by atoms with van der Waals surface area (Å²) in [6.07, 6.45) is 5.94. The van der Waals surface area contributed by atoms with Crippen molar-refractivity contribution in [2.24, 2.45) is 0 Å². The number of rotatable bonds is 2. The second-order valence-electron chi connectivity index (χ2n) is 4.09. The highest BCUT2D eigenvalue weighted by molar-refractivity contribution is 9.10. The number of aromatic nitrogens is 3.